The highest BCUT2D eigenvalue weighted by molar-refractivity contribution is 5.48. The summed E-state index contributed by atoms with van der Waals surface area (Å²) in [6, 6.07) is 3.98. The van der Waals surface area contributed by atoms with Crippen molar-refractivity contribution in [3.63, 3.8) is 0 Å². The molecule has 0 amide bonds. The topological polar surface area (TPSA) is 77.3 Å². The van der Waals surface area contributed by atoms with E-state index in [-0.39, 0.29) is 0 Å². The van der Waals surface area contributed by atoms with Crippen molar-refractivity contribution in [3.8, 4) is 0 Å². The standard InChI is InChI=1S/C19H27N7/c1-4-25-14(3)16(10-21-25)12-24-7-5-6-15(11-24)17-9-18(20)26-19(22-17)8-13(2)23-26/h8-10,15H,4-7,11-12,20H2,1-3H3/t15-/m0/s1. The van der Waals surface area contributed by atoms with E-state index >= 15 is 0 Å². The smallest absolute Gasteiger partial charge is 0.157 e. The van der Waals surface area contributed by atoms with Crippen molar-refractivity contribution >= 4 is 11.5 Å². The van der Waals surface area contributed by atoms with Crippen LogP contribution in [0.2, 0.25) is 0 Å². The lowest BCUT2D eigenvalue weighted by Crippen LogP contribution is -2.34. The van der Waals surface area contributed by atoms with Crippen molar-refractivity contribution in [3.05, 3.63) is 41.0 Å². The van der Waals surface area contributed by atoms with Crippen molar-refractivity contribution in [2.24, 2.45) is 0 Å². The van der Waals surface area contributed by atoms with Gasteiger partial charge in [-0.15, -0.1) is 0 Å². The zero-order valence-corrected chi connectivity index (χ0v) is 15.8. The molecule has 26 heavy (non-hydrogen) atoms. The van der Waals surface area contributed by atoms with Crippen molar-refractivity contribution < 1.29 is 0 Å². The van der Waals surface area contributed by atoms with Crippen molar-refractivity contribution in [2.45, 2.75) is 52.6 Å². The molecule has 7 heteroatoms. The van der Waals surface area contributed by atoms with Gasteiger partial charge in [0.2, 0.25) is 0 Å². The van der Waals surface area contributed by atoms with E-state index in [0.29, 0.717) is 11.7 Å². The summed E-state index contributed by atoms with van der Waals surface area (Å²) in [5.41, 5.74) is 11.7. The molecule has 0 saturated carbocycles. The van der Waals surface area contributed by atoms with Gasteiger partial charge in [0.25, 0.3) is 0 Å². The van der Waals surface area contributed by atoms with Gasteiger partial charge >= 0.3 is 0 Å². The fraction of sp³-hybridized carbons (Fsp3) is 0.526. The minimum absolute atomic E-state index is 0.410. The molecule has 0 unspecified atom stereocenters. The molecule has 138 valence electrons. The van der Waals surface area contributed by atoms with Gasteiger partial charge in [-0.3, -0.25) is 9.58 Å². The second kappa shape index (κ2) is 6.72. The number of aromatic nitrogens is 5. The average molecular weight is 353 g/mol. The van der Waals surface area contributed by atoms with Crippen LogP contribution in [0.4, 0.5) is 5.82 Å². The summed E-state index contributed by atoms with van der Waals surface area (Å²) in [7, 11) is 0. The number of nitrogen functional groups attached to an aromatic ring is 1. The molecule has 1 atom stereocenters. The Bertz CT molecular complexity index is 924. The van der Waals surface area contributed by atoms with Crippen molar-refractivity contribution in [1.29, 1.82) is 0 Å². The molecule has 1 saturated heterocycles. The van der Waals surface area contributed by atoms with Gasteiger partial charge in [0.05, 0.1) is 17.6 Å². The lowest BCUT2D eigenvalue weighted by Gasteiger charge is -2.32. The van der Waals surface area contributed by atoms with Crippen LogP contribution in [0, 0.1) is 13.8 Å². The number of rotatable bonds is 4. The van der Waals surface area contributed by atoms with E-state index < -0.39 is 0 Å². The molecule has 1 aliphatic heterocycles. The molecule has 7 nitrogen and oxygen atoms in total. The molecule has 0 radical (unpaired) electrons. The molecule has 0 aliphatic carbocycles. The zero-order valence-electron chi connectivity index (χ0n) is 15.8. The molecule has 3 aromatic rings. The van der Waals surface area contributed by atoms with Gasteiger partial charge in [0.15, 0.2) is 5.65 Å². The molecule has 0 spiro atoms. The van der Waals surface area contributed by atoms with Crippen LogP contribution in [0.25, 0.3) is 5.65 Å². The van der Waals surface area contributed by atoms with Gasteiger partial charge in [-0.25, -0.2) is 4.98 Å². The molecule has 2 N–H and O–H groups in total. The quantitative estimate of drug-likeness (QED) is 0.780. The maximum absolute atomic E-state index is 6.21. The Balaban J connectivity index is 1.54. The Morgan fingerprint density at radius 3 is 2.88 bits per heavy atom. The minimum Gasteiger partial charge on any atom is -0.384 e. The van der Waals surface area contributed by atoms with E-state index in [1.54, 1.807) is 4.52 Å². The number of hydrogen-bond donors (Lipinski definition) is 1. The highest BCUT2D eigenvalue weighted by atomic mass is 15.3. The molecule has 0 bridgehead atoms. The normalized spacial score (nSPS) is 18.7. The third-order valence-electron chi connectivity index (χ3n) is 5.42. The highest BCUT2D eigenvalue weighted by Gasteiger charge is 2.24. The Labute approximate surface area is 153 Å². The Hall–Kier alpha value is -2.41. The molecule has 4 heterocycles. The average Bonchev–Trinajstić information content (AvgIpc) is 3.18. The first kappa shape index (κ1) is 17.0. The van der Waals surface area contributed by atoms with E-state index in [9.17, 15) is 0 Å². The van der Waals surface area contributed by atoms with E-state index in [4.69, 9.17) is 10.7 Å². The zero-order chi connectivity index (χ0) is 18.3. The van der Waals surface area contributed by atoms with Gasteiger partial charge in [0.1, 0.15) is 5.82 Å². The van der Waals surface area contributed by atoms with Crippen LogP contribution < -0.4 is 5.73 Å². The lowest BCUT2D eigenvalue weighted by atomic mass is 9.94. The van der Waals surface area contributed by atoms with Crippen LogP contribution in [0.5, 0.6) is 0 Å². The van der Waals surface area contributed by atoms with Crippen molar-refractivity contribution in [1.82, 2.24) is 29.3 Å². The number of nitrogens with two attached hydrogens (primary N) is 1. The number of piperidine rings is 1. The fourth-order valence-corrected chi connectivity index (χ4v) is 3.98. The van der Waals surface area contributed by atoms with E-state index in [2.05, 4.69) is 33.6 Å². The second-order valence-corrected chi connectivity index (χ2v) is 7.31. The van der Waals surface area contributed by atoms with Gasteiger partial charge in [-0.1, -0.05) is 0 Å². The molecular formula is C19H27N7. The van der Waals surface area contributed by atoms with Gasteiger partial charge < -0.3 is 5.73 Å². The summed E-state index contributed by atoms with van der Waals surface area (Å²) >= 11 is 0. The van der Waals surface area contributed by atoms with E-state index in [1.807, 2.05) is 25.3 Å². The molecule has 1 aliphatic rings. The number of anilines is 1. The minimum atomic E-state index is 0.410. The van der Waals surface area contributed by atoms with Crippen LogP contribution in [0.3, 0.4) is 0 Å². The van der Waals surface area contributed by atoms with E-state index in [0.717, 1.165) is 49.6 Å². The maximum atomic E-state index is 6.21. The van der Waals surface area contributed by atoms with Crippen LogP contribution in [-0.2, 0) is 13.1 Å². The Kier molecular flexibility index (Phi) is 4.40. The molecular weight excluding hydrogens is 326 g/mol. The summed E-state index contributed by atoms with van der Waals surface area (Å²) in [5.74, 6) is 1.07. The Morgan fingerprint density at radius 1 is 1.27 bits per heavy atom. The van der Waals surface area contributed by atoms with Gasteiger partial charge in [-0.05, 0) is 40.2 Å². The molecule has 3 aromatic heterocycles. The van der Waals surface area contributed by atoms with Crippen LogP contribution >= 0.6 is 0 Å². The monoisotopic (exact) mass is 353 g/mol. The maximum Gasteiger partial charge on any atom is 0.157 e. The predicted octanol–water partition coefficient (Wildman–Crippen LogP) is 2.52. The molecule has 1 fully saturated rings. The van der Waals surface area contributed by atoms with E-state index in [1.165, 1.54) is 17.7 Å². The predicted molar refractivity (Wildman–Crippen MR) is 102 cm³/mol. The highest BCUT2D eigenvalue weighted by Crippen LogP contribution is 2.28. The summed E-state index contributed by atoms with van der Waals surface area (Å²) in [6.45, 7) is 10.3. The van der Waals surface area contributed by atoms with Gasteiger partial charge in [0, 0.05) is 48.9 Å². The largest absolute Gasteiger partial charge is 0.384 e. The lowest BCUT2D eigenvalue weighted by molar-refractivity contribution is 0.198. The molecule has 4 rings (SSSR count). The number of fused-ring (bicyclic) bond motifs is 1. The SMILES string of the molecule is CCn1ncc(CN2CCC[C@H](c3cc(N)n4nc(C)cc4n3)C2)c1C. The number of nitrogens with zero attached hydrogens (tertiary/aromatic N) is 6. The summed E-state index contributed by atoms with van der Waals surface area (Å²) in [5, 5.41) is 8.88. The number of hydrogen-bond acceptors (Lipinski definition) is 5. The first-order valence-corrected chi connectivity index (χ1v) is 9.41. The van der Waals surface area contributed by atoms with Crippen LogP contribution in [0.15, 0.2) is 18.3 Å². The summed E-state index contributed by atoms with van der Waals surface area (Å²) in [4.78, 5) is 7.35. The number of aryl methyl sites for hydroxylation is 2. The first-order valence-electron chi connectivity index (χ1n) is 9.41. The third-order valence-corrected chi connectivity index (χ3v) is 5.42. The van der Waals surface area contributed by atoms with Gasteiger partial charge in [-0.2, -0.15) is 14.7 Å². The summed E-state index contributed by atoms with van der Waals surface area (Å²) in [6.07, 6.45) is 4.34. The van der Waals surface area contributed by atoms with Crippen LogP contribution in [0.1, 0.15) is 48.3 Å². The Morgan fingerprint density at radius 2 is 2.12 bits per heavy atom. The fourth-order valence-electron chi connectivity index (χ4n) is 3.98. The van der Waals surface area contributed by atoms with Crippen LogP contribution in [-0.4, -0.2) is 42.4 Å². The van der Waals surface area contributed by atoms with Crippen molar-refractivity contribution in [2.75, 3.05) is 18.8 Å². The first-order chi connectivity index (χ1) is 12.5. The second-order valence-electron chi connectivity index (χ2n) is 7.31. The third kappa shape index (κ3) is 3.07. The number of likely N-dealkylation sites (tertiary alicyclic amines) is 1. The molecule has 0 aromatic carbocycles. The summed E-state index contributed by atoms with van der Waals surface area (Å²) < 4.78 is 3.79.